The van der Waals surface area contributed by atoms with Crippen molar-refractivity contribution in [1.29, 1.82) is 0 Å². The molecule has 0 radical (unpaired) electrons. The molecular formula is C25H28N2O4. The first-order valence-electron chi connectivity index (χ1n) is 10.9. The van der Waals surface area contributed by atoms with Crippen molar-refractivity contribution in [2.24, 2.45) is 5.92 Å². The van der Waals surface area contributed by atoms with E-state index in [-0.39, 0.29) is 23.7 Å². The van der Waals surface area contributed by atoms with Gasteiger partial charge in [-0.25, -0.2) is 0 Å². The lowest BCUT2D eigenvalue weighted by Gasteiger charge is -2.40. The van der Waals surface area contributed by atoms with Gasteiger partial charge in [-0.2, -0.15) is 0 Å². The molecule has 0 aliphatic carbocycles. The lowest BCUT2D eigenvalue weighted by atomic mass is 9.89. The number of nitrogens with zero attached hydrogens (tertiary/aromatic N) is 2. The second-order valence-electron chi connectivity index (χ2n) is 8.14. The molecule has 2 aromatic rings. The molecule has 2 aliphatic rings. The summed E-state index contributed by atoms with van der Waals surface area (Å²) in [4.78, 5) is 42.3. The first kappa shape index (κ1) is 21.1. The molecular weight excluding hydrogens is 392 g/mol. The number of amides is 2. The number of hydrogen-bond acceptors (Lipinski definition) is 4. The summed E-state index contributed by atoms with van der Waals surface area (Å²) in [5.74, 6) is -0.454. The predicted octanol–water partition coefficient (Wildman–Crippen LogP) is 3.11. The molecule has 6 heteroatoms. The van der Waals surface area contributed by atoms with Crippen LogP contribution in [-0.2, 0) is 32.1 Å². The SMILES string of the molecule is CCOC(=O)C1CCN(C(=O)[C@H]2c3ccccc3CC(=O)N2Cc2ccccc2)CC1. The van der Waals surface area contributed by atoms with E-state index in [0.29, 0.717) is 45.5 Å². The molecule has 0 N–H and O–H groups in total. The van der Waals surface area contributed by atoms with Crippen LogP contribution in [0.4, 0.5) is 0 Å². The molecule has 6 nitrogen and oxygen atoms in total. The molecule has 0 saturated carbocycles. The Morgan fingerprint density at radius 2 is 1.68 bits per heavy atom. The maximum absolute atomic E-state index is 13.7. The van der Waals surface area contributed by atoms with Crippen LogP contribution in [-0.4, -0.2) is 47.3 Å². The molecule has 162 valence electrons. The molecule has 2 aromatic carbocycles. The fourth-order valence-corrected chi connectivity index (χ4v) is 4.53. The Bertz CT molecular complexity index is 951. The molecule has 2 aliphatic heterocycles. The minimum atomic E-state index is -0.642. The van der Waals surface area contributed by atoms with E-state index in [1.54, 1.807) is 16.7 Å². The molecule has 4 rings (SSSR count). The van der Waals surface area contributed by atoms with Gasteiger partial charge < -0.3 is 14.5 Å². The molecule has 1 fully saturated rings. The van der Waals surface area contributed by atoms with Crippen LogP contribution in [0.1, 0.15) is 42.5 Å². The van der Waals surface area contributed by atoms with Gasteiger partial charge in [-0.15, -0.1) is 0 Å². The van der Waals surface area contributed by atoms with Crippen LogP contribution >= 0.6 is 0 Å². The summed E-state index contributed by atoms with van der Waals surface area (Å²) in [6.45, 7) is 3.55. The van der Waals surface area contributed by atoms with Crippen LogP contribution in [0.3, 0.4) is 0 Å². The normalized spacial score (nSPS) is 19.1. The number of fused-ring (bicyclic) bond motifs is 1. The van der Waals surface area contributed by atoms with E-state index < -0.39 is 6.04 Å². The van der Waals surface area contributed by atoms with Gasteiger partial charge >= 0.3 is 5.97 Å². The van der Waals surface area contributed by atoms with Gasteiger partial charge in [0, 0.05) is 19.6 Å². The van der Waals surface area contributed by atoms with E-state index in [4.69, 9.17) is 4.74 Å². The van der Waals surface area contributed by atoms with Gasteiger partial charge in [0.15, 0.2) is 0 Å². The third-order valence-corrected chi connectivity index (χ3v) is 6.18. The predicted molar refractivity (Wildman–Crippen MR) is 116 cm³/mol. The third kappa shape index (κ3) is 4.48. The summed E-state index contributed by atoms with van der Waals surface area (Å²) >= 11 is 0. The average Bonchev–Trinajstić information content (AvgIpc) is 2.80. The van der Waals surface area contributed by atoms with Crippen LogP contribution in [0.15, 0.2) is 54.6 Å². The zero-order chi connectivity index (χ0) is 21.8. The number of likely N-dealkylation sites (tertiary alicyclic amines) is 1. The maximum Gasteiger partial charge on any atom is 0.309 e. The maximum atomic E-state index is 13.7. The summed E-state index contributed by atoms with van der Waals surface area (Å²) in [5, 5.41) is 0. The number of hydrogen-bond donors (Lipinski definition) is 0. The summed E-state index contributed by atoms with van der Waals surface area (Å²) < 4.78 is 5.14. The van der Waals surface area contributed by atoms with Crippen molar-refractivity contribution < 1.29 is 19.1 Å². The lowest BCUT2D eigenvalue weighted by molar-refractivity contribution is -0.153. The number of carbonyl (C=O) groups is 3. The number of piperidine rings is 1. The molecule has 2 amide bonds. The van der Waals surface area contributed by atoms with Crippen molar-refractivity contribution in [3.63, 3.8) is 0 Å². The van der Waals surface area contributed by atoms with Gasteiger partial charge in [-0.1, -0.05) is 54.6 Å². The smallest absolute Gasteiger partial charge is 0.309 e. The van der Waals surface area contributed by atoms with E-state index >= 15 is 0 Å². The van der Waals surface area contributed by atoms with Gasteiger partial charge in [-0.05, 0) is 36.5 Å². The Morgan fingerprint density at radius 3 is 2.39 bits per heavy atom. The van der Waals surface area contributed by atoms with Crippen LogP contribution in [0.5, 0.6) is 0 Å². The van der Waals surface area contributed by atoms with Crippen molar-refractivity contribution in [1.82, 2.24) is 9.80 Å². The van der Waals surface area contributed by atoms with E-state index in [1.807, 2.05) is 54.6 Å². The van der Waals surface area contributed by atoms with Crippen LogP contribution in [0.25, 0.3) is 0 Å². The van der Waals surface area contributed by atoms with E-state index in [1.165, 1.54) is 0 Å². The Hall–Kier alpha value is -3.15. The number of ether oxygens (including phenoxy) is 1. The van der Waals surface area contributed by atoms with E-state index in [9.17, 15) is 14.4 Å². The summed E-state index contributed by atoms with van der Waals surface area (Å²) in [6.07, 6.45) is 1.48. The first-order chi connectivity index (χ1) is 15.1. The van der Waals surface area contributed by atoms with Gasteiger partial charge in [0.25, 0.3) is 0 Å². The number of esters is 1. The second kappa shape index (κ2) is 9.33. The summed E-state index contributed by atoms with van der Waals surface area (Å²) in [5.41, 5.74) is 2.81. The van der Waals surface area contributed by atoms with Crippen molar-refractivity contribution >= 4 is 17.8 Å². The van der Waals surface area contributed by atoms with Crippen LogP contribution in [0, 0.1) is 5.92 Å². The fourth-order valence-electron chi connectivity index (χ4n) is 4.53. The fraction of sp³-hybridized carbons (Fsp3) is 0.400. The lowest BCUT2D eigenvalue weighted by Crippen LogP contribution is -2.50. The van der Waals surface area contributed by atoms with Crippen molar-refractivity contribution in [3.05, 3.63) is 71.3 Å². The minimum absolute atomic E-state index is 0.0395. The molecule has 31 heavy (non-hydrogen) atoms. The minimum Gasteiger partial charge on any atom is -0.466 e. The second-order valence-corrected chi connectivity index (χ2v) is 8.14. The highest BCUT2D eigenvalue weighted by Gasteiger charge is 2.40. The standard InChI is InChI=1S/C25H28N2O4/c1-2-31-25(30)19-12-14-26(15-13-19)24(29)23-21-11-7-6-10-20(21)16-22(28)27(23)17-18-8-4-3-5-9-18/h3-11,19,23H,2,12-17H2,1H3/t23-/m1/s1. The Balaban J connectivity index is 1.57. The van der Waals surface area contributed by atoms with Gasteiger partial charge in [0.2, 0.25) is 11.8 Å². The Kier molecular flexibility index (Phi) is 6.35. The quantitative estimate of drug-likeness (QED) is 0.697. The molecule has 0 bridgehead atoms. The number of benzene rings is 2. The molecule has 0 spiro atoms. The van der Waals surface area contributed by atoms with Crippen LogP contribution in [0.2, 0.25) is 0 Å². The summed E-state index contributed by atoms with van der Waals surface area (Å²) in [6, 6.07) is 16.8. The Labute approximate surface area is 182 Å². The molecule has 0 unspecified atom stereocenters. The number of carbonyl (C=O) groups excluding carboxylic acids is 3. The van der Waals surface area contributed by atoms with E-state index in [2.05, 4.69) is 0 Å². The molecule has 1 atom stereocenters. The van der Waals surface area contributed by atoms with E-state index in [0.717, 1.165) is 16.7 Å². The molecule has 1 saturated heterocycles. The van der Waals surface area contributed by atoms with Crippen LogP contribution < -0.4 is 0 Å². The molecule has 2 heterocycles. The highest BCUT2D eigenvalue weighted by molar-refractivity contribution is 5.92. The average molecular weight is 421 g/mol. The number of rotatable bonds is 5. The van der Waals surface area contributed by atoms with Crippen molar-refractivity contribution in [3.8, 4) is 0 Å². The third-order valence-electron chi connectivity index (χ3n) is 6.18. The zero-order valence-corrected chi connectivity index (χ0v) is 17.8. The topological polar surface area (TPSA) is 66.9 Å². The zero-order valence-electron chi connectivity index (χ0n) is 17.8. The summed E-state index contributed by atoms with van der Waals surface area (Å²) in [7, 11) is 0. The largest absolute Gasteiger partial charge is 0.466 e. The monoisotopic (exact) mass is 420 g/mol. The van der Waals surface area contributed by atoms with Gasteiger partial charge in [-0.3, -0.25) is 14.4 Å². The van der Waals surface area contributed by atoms with Gasteiger partial charge in [0.1, 0.15) is 6.04 Å². The van der Waals surface area contributed by atoms with Crippen molar-refractivity contribution in [2.45, 2.75) is 38.8 Å². The highest BCUT2D eigenvalue weighted by atomic mass is 16.5. The highest BCUT2D eigenvalue weighted by Crippen LogP contribution is 2.34. The van der Waals surface area contributed by atoms with Crippen molar-refractivity contribution in [2.75, 3.05) is 19.7 Å². The van der Waals surface area contributed by atoms with Gasteiger partial charge in [0.05, 0.1) is 18.9 Å². The first-order valence-corrected chi connectivity index (χ1v) is 10.9. The molecule has 0 aromatic heterocycles. The Morgan fingerprint density at radius 1 is 1.00 bits per heavy atom.